The highest BCUT2D eigenvalue weighted by Crippen LogP contribution is 2.15. The summed E-state index contributed by atoms with van der Waals surface area (Å²) >= 11 is 0. The van der Waals surface area contributed by atoms with Gasteiger partial charge in [0.2, 0.25) is 10.0 Å². The van der Waals surface area contributed by atoms with Gasteiger partial charge in [0.15, 0.2) is 0 Å². The topological polar surface area (TPSA) is 37.4 Å². The lowest BCUT2D eigenvalue weighted by Crippen LogP contribution is -2.30. The predicted molar refractivity (Wildman–Crippen MR) is 64.5 cm³/mol. The van der Waals surface area contributed by atoms with E-state index < -0.39 is 10.0 Å². The minimum atomic E-state index is -3.36. The van der Waals surface area contributed by atoms with Crippen molar-refractivity contribution in [1.82, 2.24) is 4.31 Å². The molecule has 0 aliphatic carbocycles. The third-order valence-electron chi connectivity index (χ3n) is 2.36. The average Bonchev–Trinajstić information content (AvgIpc) is 2.30. The molecule has 1 rings (SSSR count). The maximum Gasteiger partial charge on any atom is 0.243 e. The fourth-order valence-corrected chi connectivity index (χ4v) is 2.89. The maximum absolute atomic E-state index is 12.1. The molecule has 0 atom stereocenters. The Labute approximate surface area is 97.1 Å². The van der Waals surface area contributed by atoms with Crippen molar-refractivity contribution in [1.29, 1.82) is 0 Å². The summed E-state index contributed by atoms with van der Waals surface area (Å²) in [4.78, 5) is 0.287. The van der Waals surface area contributed by atoms with Crippen LogP contribution in [0.15, 0.2) is 29.2 Å². The van der Waals surface area contributed by atoms with Gasteiger partial charge in [-0.1, -0.05) is 19.8 Å². The van der Waals surface area contributed by atoms with E-state index in [2.05, 4.69) is 5.92 Å². The number of terminal acetylenes is 1. The number of hydrogen-bond donors (Lipinski definition) is 0. The molecule has 0 radical (unpaired) electrons. The Kier molecular flexibility index (Phi) is 4.11. The number of sulfonamides is 1. The molecule has 1 aromatic rings. The lowest BCUT2D eigenvalue weighted by atomic mass is 10.2. The molecule has 0 unspecified atom stereocenters. The van der Waals surface area contributed by atoms with Crippen LogP contribution in [0.4, 0.5) is 0 Å². The summed E-state index contributed by atoms with van der Waals surface area (Å²) in [6.45, 7) is 4.57. The van der Waals surface area contributed by atoms with Gasteiger partial charge in [0.1, 0.15) is 0 Å². The summed E-state index contributed by atoms with van der Waals surface area (Å²) in [5, 5.41) is 0. The zero-order chi connectivity index (χ0) is 12.2. The summed E-state index contributed by atoms with van der Waals surface area (Å²) in [7, 11) is -3.36. The molecule has 3 nitrogen and oxygen atoms in total. The van der Waals surface area contributed by atoms with Crippen molar-refractivity contribution in [2.24, 2.45) is 0 Å². The molecule has 0 aliphatic heterocycles. The molecule has 4 heteroatoms. The van der Waals surface area contributed by atoms with Crippen LogP contribution in [-0.4, -0.2) is 25.8 Å². The third-order valence-corrected chi connectivity index (χ3v) is 4.43. The van der Waals surface area contributed by atoms with Crippen LogP contribution in [-0.2, 0) is 10.0 Å². The van der Waals surface area contributed by atoms with E-state index in [1.54, 1.807) is 24.3 Å². The molecule has 0 heterocycles. The van der Waals surface area contributed by atoms with Gasteiger partial charge in [0.05, 0.1) is 4.90 Å². The van der Waals surface area contributed by atoms with Crippen LogP contribution < -0.4 is 0 Å². The number of nitrogens with zero attached hydrogens (tertiary/aromatic N) is 1. The minimum absolute atomic E-state index is 0.287. The highest BCUT2D eigenvalue weighted by molar-refractivity contribution is 7.89. The molecular weight excluding hydrogens is 222 g/mol. The second kappa shape index (κ2) is 5.15. The van der Waals surface area contributed by atoms with Crippen LogP contribution in [0.25, 0.3) is 0 Å². The standard InChI is InChI=1S/C12H15NO2S/c1-4-11-7-9-12(10-8-11)16(14,15)13(5-2)6-3/h1,7-10H,5-6H2,2-3H3. The van der Waals surface area contributed by atoms with Crippen LogP contribution in [0.1, 0.15) is 19.4 Å². The quantitative estimate of drug-likeness (QED) is 0.747. The predicted octanol–water partition coefficient (Wildman–Crippen LogP) is 1.70. The Hall–Kier alpha value is -1.31. The van der Waals surface area contributed by atoms with Crippen LogP contribution >= 0.6 is 0 Å². The van der Waals surface area contributed by atoms with Crippen molar-refractivity contribution in [3.05, 3.63) is 29.8 Å². The highest BCUT2D eigenvalue weighted by Gasteiger charge is 2.20. The van der Waals surface area contributed by atoms with E-state index in [1.807, 2.05) is 13.8 Å². The highest BCUT2D eigenvalue weighted by atomic mass is 32.2. The van der Waals surface area contributed by atoms with E-state index in [9.17, 15) is 8.42 Å². The van der Waals surface area contributed by atoms with E-state index in [0.717, 1.165) is 0 Å². The normalized spacial score (nSPS) is 11.4. The lowest BCUT2D eigenvalue weighted by molar-refractivity contribution is 0.445. The fraction of sp³-hybridized carbons (Fsp3) is 0.333. The molecule has 0 fully saturated rings. The smallest absolute Gasteiger partial charge is 0.207 e. The molecule has 0 aromatic heterocycles. The summed E-state index contributed by atoms with van der Waals surface area (Å²) in [5.41, 5.74) is 0.679. The van der Waals surface area contributed by atoms with E-state index in [0.29, 0.717) is 18.7 Å². The van der Waals surface area contributed by atoms with Crippen LogP contribution in [0.5, 0.6) is 0 Å². The number of rotatable bonds is 4. The van der Waals surface area contributed by atoms with Crippen molar-refractivity contribution in [2.75, 3.05) is 13.1 Å². The Balaban J connectivity index is 3.13. The van der Waals surface area contributed by atoms with Gasteiger partial charge in [0.25, 0.3) is 0 Å². The summed E-state index contributed by atoms with van der Waals surface area (Å²) in [6.07, 6.45) is 5.21. The van der Waals surface area contributed by atoms with Gasteiger partial charge in [-0.2, -0.15) is 4.31 Å². The van der Waals surface area contributed by atoms with Crippen molar-refractivity contribution < 1.29 is 8.42 Å². The van der Waals surface area contributed by atoms with Gasteiger partial charge in [-0.15, -0.1) is 6.42 Å². The molecule has 1 aromatic carbocycles. The van der Waals surface area contributed by atoms with Crippen molar-refractivity contribution in [3.63, 3.8) is 0 Å². The van der Waals surface area contributed by atoms with Crippen LogP contribution in [0, 0.1) is 12.3 Å². The van der Waals surface area contributed by atoms with Gasteiger partial charge < -0.3 is 0 Å². The van der Waals surface area contributed by atoms with Crippen molar-refractivity contribution in [2.45, 2.75) is 18.7 Å². The van der Waals surface area contributed by atoms with E-state index in [1.165, 1.54) is 4.31 Å². The second-order valence-electron chi connectivity index (χ2n) is 3.26. The Bertz CT molecular complexity index is 479. The second-order valence-corrected chi connectivity index (χ2v) is 5.20. The lowest BCUT2D eigenvalue weighted by Gasteiger charge is -2.18. The van der Waals surface area contributed by atoms with Crippen LogP contribution in [0.3, 0.4) is 0 Å². The van der Waals surface area contributed by atoms with Gasteiger partial charge in [-0.3, -0.25) is 0 Å². The molecule has 0 saturated carbocycles. The zero-order valence-electron chi connectivity index (χ0n) is 9.47. The van der Waals surface area contributed by atoms with E-state index in [4.69, 9.17) is 6.42 Å². The van der Waals surface area contributed by atoms with Gasteiger partial charge in [0, 0.05) is 18.7 Å². The molecule has 0 aliphatic rings. The Morgan fingerprint density at radius 1 is 1.19 bits per heavy atom. The molecule has 0 N–H and O–H groups in total. The van der Waals surface area contributed by atoms with Crippen LogP contribution in [0.2, 0.25) is 0 Å². The molecule has 0 bridgehead atoms. The molecule has 0 saturated heterocycles. The first-order valence-electron chi connectivity index (χ1n) is 5.13. The van der Waals surface area contributed by atoms with Crippen molar-refractivity contribution >= 4 is 10.0 Å². The molecule has 86 valence electrons. The first-order valence-corrected chi connectivity index (χ1v) is 6.57. The third kappa shape index (κ3) is 2.43. The fourth-order valence-electron chi connectivity index (χ4n) is 1.44. The SMILES string of the molecule is C#Cc1ccc(S(=O)(=O)N(CC)CC)cc1. The first kappa shape index (κ1) is 12.8. The number of hydrogen-bond acceptors (Lipinski definition) is 2. The van der Waals surface area contributed by atoms with Crippen molar-refractivity contribution in [3.8, 4) is 12.3 Å². The number of benzene rings is 1. The molecule has 0 amide bonds. The summed E-state index contributed by atoms with van der Waals surface area (Å²) < 4.78 is 25.6. The van der Waals surface area contributed by atoms with Gasteiger partial charge in [-0.05, 0) is 24.3 Å². The largest absolute Gasteiger partial charge is 0.243 e. The molecular formula is C12H15NO2S. The Morgan fingerprint density at radius 3 is 2.06 bits per heavy atom. The van der Waals surface area contributed by atoms with Gasteiger partial charge >= 0.3 is 0 Å². The zero-order valence-corrected chi connectivity index (χ0v) is 10.3. The molecule has 16 heavy (non-hydrogen) atoms. The summed E-state index contributed by atoms with van der Waals surface area (Å²) in [6, 6.07) is 6.36. The monoisotopic (exact) mass is 237 g/mol. The van der Waals surface area contributed by atoms with E-state index >= 15 is 0 Å². The minimum Gasteiger partial charge on any atom is -0.207 e. The molecule has 0 spiro atoms. The Morgan fingerprint density at radius 2 is 1.69 bits per heavy atom. The average molecular weight is 237 g/mol. The van der Waals surface area contributed by atoms with E-state index in [-0.39, 0.29) is 4.90 Å². The van der Waals surface area contributed by atoms with Gasteiger partial charge in [-0.25, -0.2) is 8.42 Å². The first-order chi connectivity index (χ1) is 7.56. The summed E-state index contributed by atoms with van der Waals surface area (Å²) in [5.74, 6) is 2.45. The maximum atomic E-state index is 12.1.